The molecular formula is C21H19BrCl2N4O2. The molecule has 9 heteroatoms. The Balaban J connectivity index is 1.38. The van der Waals surface area contributed by atoms with Crippen molar-refractivity contribution in [1.82, 2.24) is 15.0 Å². The van der Waals surface area contributed by atoms with Crippen LogP contribution in [-0.4, -0.2) is 34.0 Å². The maximum absolute atomic E-state index is 12.7. The average molecular weight is 510 g/mol. The summed E-state index contributed by atoms with van der Waals surface area (Å²) in [6, 6.07) is 12.8. The van der Waals surface area contributed by atoms with Gasteiger partial charge in [-0.1, -0.05) is 56.4 Å². The number of carbonyl (C=O) groups is 1. The average Bonchev–Trinajstić information content (AvgIpc) is 3.19. The number of rotatable bonds is 5. The summed E-state index contributed by atoms with van der Waals surface area (Å²) < 4.78 is 6.39. The Kier molecular flexibility index (Phi) is 6.73. The van der Waals surface area contributed by atoms with Crippen LogP contribution in [0.15, 0.2) is 51.5 Å². The summed E-state index contributed by atoms with van der Waals surface area (Å²) in [5.74, 6) is 0.893. The van der Waals surface area contributed by atoms with E-state index < -0.39 is 0 Å². The quantitative estimate of drug-likeness (QED) is 0.480. The summed E-state index contributed by atoms with van der Waals surface area (Å²) in [4.78, 5) is 19.4. The van der Waals surface area contributed by atoms with E-state index >= 15 is 0 Å². The molecule has 2 heterocycles. The standard InChI is InChI=1S/C21H19BrCl2N4O2/c22-15-5-1-3-13(9-15)20-26-19(30-27-20)12-28-8-2-4-14(11-28)21(29)25-18-7-6-16(23)10-17(18)24/h1,3,5-7,9-10,14H,2,4,8,11-12H2,(H,25,29). The summed E-state index contributed by atoms with van der Waals surface area (Å²) in [6.45, 7) is 2.00. The maximum atomic E-state index is 12.7. The summed E-state index contributed by atoms with van der Waals surface area (Å²) in [5, 5.41) is 7.95. The van der Waals surface area contributed by atoms with Crippen molar-refractivity contribution in [2.45, 2.75) is 19.4 Å². The van der Waals surface area contributed by atoms with Crippen molar-refractivity contribution in [3.05, 3.63) is 62.9 Å². The van der Waals surface area contributed by atoms with Crippen LogP contribution in [0.4, 0.5) is 5.69 Å². The molecule has 1 saturated heterocycles. The van der Waals surface area contributed by atoms with E-state index in [0.717, 1.165) is 29.4 Å². The molecule has 1 amide bonds. The number of benzene rings is 2. The van der Waals surface area contributed by atoms with E-state index in [1.807, 2.05) is 24.3 Å². The Morgan fingerprint density at radius 2 is 2.13 bits per heavy atom. The smallest absolute Gasteiger partial charge is 0.241 e. The minimum atomic E-state index is -0.141. The lowest BCUT2D eigenvalue weighted by atomic mass is 9.97. The number of likely N-dealkylation sites (tertiary alicyclic amines) is 1. The first-order valence-electron chi connectivity index (χ1n) is 9.55. The van der Waals surface area contributed by atoms with Crippen molar-refractivity contribution in [2.75, 3.05) is 18.4 Å². The van der Waals surface area contributed by atoms with Crippen LogP contribution in [0.5, 0.6) is 0 Å². The fraction of sp³-hybridized carbons (Fsp3) is 0.286. The van der Waals surface area contributed by atoms with E-state index in [1.165, 1.54) is 0 Å². The van der Waals surface area contributed by atoms with Gasteiger partial charge < -0.3 is 9.84 Å². The van der Waals surface area contributed by atoms with Crippen LogP contribution in [0.25, 0.3) is 11.4 Å². The molecule has 0 radical (unpaired) electrons. The Morgan fingerprint density at radius 3 is 2.93 bits per heavy atom. The van der Waals surface area contributed by atoms with E-state index in [-0.39, 0.29) is 11.8 Å². The highest BCUT2D eigenvalue weighted by Gasteiger charge is 2.27. The number of nitrogens with one attached hydrogen (secondary N) is 1. The van der Waals surface area contributed by atoms with Gasteiger partial charge in [0, 0.05) is 21.6 Å². The third-order valence-corrected chi connectivity index (χ3v) is 6.02. The first kappa shape index (κ1) is 21.3. The molecule has 1 aliphatic heterocycles. The molecule has 1 N–H and O–H groups in total. The molecule has 6 nitrogen and oxygen atoms in total. The summed E-state index contributed by atoms with van der Waals surface area (Å²) in [5.41, 5.74) is 1.45. The number of nitrogens with zero attached hydrogens (tertiary/aromatic N) is 3. The predicted octanol–water partition coefficient (Wildman–Crippen LogP) is 5.66. The lowest BCUT2D eigenvalue weighted by Crippen LogP contribution is -2.40. The van der Waals surface area contributed by atoms with Crippen molar-refractivity contribution < 1.29 is 9.32 Å². The van der Waals surface area contributed by atoms with Crippen molar-refractivity contribution >= 4 is 50.7 Å². The highest BCUT2D eigenvalue weighted by atomic mass is 79.9. The van der Waals surface area contributed by atoms with Gasteiger partial charge in [0.2, 0.25) is 17.6 Å². The van der Waals surface area contributed by atoms with Crippen molar-refractivity contribution in [2.24, 2.45) is 5.92 Å². The van der Waals surface area contributed by atoms with Gasteiger partial charge in [0.15, 0.2) is 0 Å². The number of carbonyl (C=O) groups excluding carboxylic acids is 1. The SMILES string of the molecule is O=C(Nc1ccc(Cl)cc1Cl)C1CCCN(Cc2nc(-c3cccc(Br)c3)no2)C1. The highest BCUT2D eigenvalue weighted by Crippen LogP contribution is 2.27. The third kappa shape index (κ3) is 5.21. The van der Waals surface area contributed by atoms with Gasteiger partial charge in [0.05, 0.1) is 23.2 Å². The molecule has 1 aliphatic rings. The number of halogens is 3. The molecule has 2 aromatic carbocycles. The van der Waals surface area contributed by atoms with E-state index in [2.05, 4.69) is 36.3 Å². The zero-order chi connectivity index (χ0) is 21.1. The van der Waals surface area contributed by atoms with Crippen molar-refractivity contribution in [1.29, 1.82) is 0 Å². The third-order valence-electron chi connectivity index (χ3n) is 4.98. The van der Waals surface area contributed by atoms with Gasteiger partial charge in [-0.25, -0.2) is 0 Å². The van der Waals surface area contributed by atoms with Crippen LogP contribution in [0, 0.1) is 5.92 Å². The molecule has 0 aliphatic carbocycles. The van der Waals surface area contributed by atoms with Gasteiger partial charge in [-0.05, 0) is 49.7 Å². The molecule has 1 unspecified atom stereocenters. The van der Waals surface area contributed by atoms with Crippen molar-refractivity contribution in [3.8, 4) is 11.4 Å². The summed E-state index contributed by atoms with van der Waals surface area (Å²) in [6.07, 6.45) is 1.74. The second-order valence-electron chi connectivity index (χ2n) is 7.21. The molecule has 0 spiro atoms. The number of amides is 1. The first-order valence-corrected chi connectivity index (χ1v) is 11.1. The molecule has 1 aromatic heterocycles. The molecule has 1 atom stereocenters. The Hall–Kier alpha value is -1.93. The molecule has 1 fully saturated rings. The normalized spacial score (nSPS) is 17.1. The van der Waals surface area contributed by atoms with Gasteiger partial charge in [0.1, 0.15) is 0 Å². The van der Waals surface area contributed by atoms with Crippen LogP contribution >= 0.6 is 39.1 Å². The summed E-state index contributed by atoms with van der Waals surface area (Å²) >= 11 is 15.5. The van der Waals surface area contributed by atoms with Gasteiger partial charge in [-0.15, -0.1) is 0 Å². The fourth-order valence-corrected chi connectivity index (χ4v) is 4.35. The predicted molar refractivity (Wildman–Crippen MR) is 121 cm³/mol. The lowest BCUT2D eigenvalue weighted by Gasteiger charge is -2.30. The van der Waals surface area contributed by atoms with E-state index in [1.54, 1.807) is 18.2 Å². The van der Waals surface area contributed by atoms with Gasteiger partial charge in [-0.3, -0.25) is 9.69 Å². The van der Waals surface area contributed by atoms with Gasteiger partial charge >= 0.3 is 0 Å². The molecular weight excluding hydrogens is 491 g/mol. The second-order valence-corrected chi connectivity index (χ2v) is 8.97. The fourth-order valence-electron chi connectivity index (χ4n) is 3.49. The van der Waals surface area contributed by atoms with E-state index in [4.69, 9.17) is 27.7 Å². The number of anilines is 1. The monoisotopic (exact) mass is 508 g/mol. The van der Waals surface area contributed by atoms with E-state index in [9.17, 15) is 4.79 Å². The van der Waals surface area contributed by atoms with Crippen LogP contribution in [0.2, 0.25) is 10.0 Å². The highest BCUT2D eigenvalue weighted by molar-refractivity contribution is 9.10. The van der Waals surface area contributed by atoms with Crippen LogP contribution in [-0.2, 0) is 11.3 Å². The first-order chi connectivity index (χ1) is 14.5. The molecule has 0 bridgehead atoms. The molecule has 4 rings (SSSR count). The molecule has 0 saturated carbocycles. The Labute approximate surface area is 192 Å². The Morgan fingerprint density at radius 1 is 1.27 bits per heavy atom. The van der Waals surface area contributed by atoms with E-state index in [0.29, 0.717) is 40.5 Å². The second kappa shape index (κ2) is 9.47. The topological polar surface area (TPSA) is 71.3 Å². The molecule has 3 aromatic rings. The van der Waals surface area contributed by atoms with Gasteiger partial charge in [-0.2, -0.15) is 4.98 Å². The number of hydrogen-bond donors (Lipinski definition) is 1. The number of aromatic nitrogens is 2. The minimum absolute atomic E-state index is 0.0516. The zero-order valence-corrected chi connectivity index (χ0v) is 19.0. The number of piperidine rings is 1. The number of hydrogen-bond acceptors (Lipinski definition) is 5. The largest absolute Gasteiger partial charge is 0.338 e. The molecule has 30 heavy (non-hydrogen) atoms. The molecule has 156 valence electrons. The maximum Gasteiger partial charge on any atom is 0.241 e. The van der Waals surface area contributed by atoms with Crippen molar-refractivity contribution in [3.63, 3.8) is 0 Å². The van der Waals surface area contributed by atoms with Crippen LogP contribution in [0.3, 0.4) is 0 Å². The lowest BCUT2D eigenvalue weighted by molar-refractivity contribution is -0.121. The summed E-state index contributed by atoms with van der Waals surface area (Å²) in [7, 11) is 0. The van der Waals surface area contributed by atoms with Crippen LogP contribution in [0.1, 0.15) is 18.7 Å². The zero-order valence-electron chi connectivity index (χ0n) is 15.9. The Bertz CT molecular complexity index is 1060. The minimum Gasteiger partial charge on any atom is -0.338 e. The van der Waals surface area contributed by atoms with Gasteiger partial charge in [0.25, 0.3) is 0 Å². The van der Waals surface area contributed by atoms with Crippen LogP contribution < -0.4 is 5.32 Å².